The van der Waals surface area contributed by atoms with Crippen LogP contribution in [0.5, 0.6) is 0 Å². The molecule has 0 aliphatic carbocycles. The highest BCUT2D eigenvalue weighted by molar-refractivity contribution is 7.09. The highest BCUT2D eigenvalue weighted by atomic mass is 35.5. The van der Waals surface area contributed by atoms with E-state index in [1.165, 1.54) is 0 Å². The monoisotopic (exact) mass is 312 g/mol. The summed E-state index contributed by atoms with van der Waals surface area (Å²) in [7, 11) is 0. The third-order valence-electron chi connectivity index (χ3n) is 2.89. The lowest BCUT2D eigenvalue weighted by atomic mass is 10.3. The van der Waals surface area contributed by atoms with Crippen molar-refractivity contribution in [2.45, 2.75) is 18.8 Å². The molecule has 0 radical (unpaired) electrons. The van der Waals surface area contributed by atoms with E-state index in [0.29, 0.717) is 10.9 Å². The molecule has 0 bridgehead atoms. The predicted molar refractivity (Wildman–Crippen MR) is 78.0 cm³/mol. The van der Waals surface area contributed by atoms with Crippen LogP contribution in [-0.2, 0) is 5.88 Å². The summed E-state index contributed by atoms with van der Waals surface area (Å²) >= 11 is 13.5. The molecule has 0 N–H and O–H groups in total. The first-order chi connectivity index (χ1) is 9.20. The van der Waals surface area contributed by atoms with Gasteiger partial charge in [0.05, 0.1) is 16.9 Å². The number of alkyl halides is 1. The molecule has 3 aromatic rings. The maximum absolute atomic E-state index is 5.99. The number of rotatable bonds is 3. The van der Waals surface area contributed by atoms with Gasteiger partial charge >= 0.3 is 0 Å². The zero-order valence-electron chi connectivity index (χ0n) is 10.0. The van der Waals surface area contributed by atoms with E-state index in [-0.39, 0.29) is 6.04 Å². The molecule has 0 fully saturated rings. The van der Waals surface area contributed by atoms with Crippen LogP contribution in [0.2, 0.25) is 5.02 Å². The van der Waals surface area contributed by atoms with E-state index in [1.807, 2.05) is 9.95 Å². The van der Waals surface area contributed by atoms with Gasteiger partial charge in [0.25, 0.3) is 0 Å². The zero-order valence-corrected chi connectivity index (χ0v) is 12.4. The number of fused-ring (bicyclic) bond motifs is 1. The van der Waals surface area contributed by atoms with Gasteiger partial charge in [-0.2, -0.15) is 0 Å². The molecule has 1 unspecified atom stereocenters. The number of aromatic nitrogens is 4. The van der Waals surface area contributed by atoms with Gasteiger partial charge < -0.3 is 4.57 Å². The second kappa shape index (κ2) is 5.07. The molecule has 0 aliphatic rings. The first kappa shape index (κ1) is 12.8. The van der Waals surface area contributed by atoms with Crippen LogP contribution in [-0.4, -0.2) is 19.5 Å². The highest BCUT2D eigenvalue weighted by Gasteiger charge is 2.19. The lowest BCUT2D eigenvalue weighted by molar-refractivity contribution is 0.625. The minimum Gasteiger partial charge on any atom is -0.302 e. The minimum atomic E-state index is 0.0485. The van der Waals surface area contributed by atoms with Crippen molar-refractivity contribution in [2.24, 2.45) is 0 Å². The van der Waals surface area contributed by atoms with Crippen LogP contribution in [0.3, 0.4) is 0 Å². The molecule has 0 amide bonds. The summed E-state index contributed by atoms with van der Waals surface area (Å²) < 4.78 is 2.01. The molecule has 0 saturated carbocycles. The van der Waals surface area contributed by atoms with Crippen molar-refractivity contribution in [1.29, 1.82) is 0 Å². The van der Waals surface area contributed by atoms with Crippen LogP contribution in [0.1, 0.15) is 23.8 Å². The Labute approximate surface area is 124 Å². The van der Waals surface area contributed by atoms with E-state index < -0.39 is 0 Å². The number of thiazole rings is 1. The first-order valence-electron chi connectivity index (χ1n) is 5.68. The molecule has 98 valence electrons. The van der Waals surface area contributed by atoms with Gasteiger partial charge in [-0.05, 0) is 13.0 Å². The van der Waals surface area contributed by atoms with Crippen molar-refractivity contribution in [3.8, 4) is 0 Å². The number of hydrogen-bond donors (Lipinski definition) is 0. The minimum absolute atomic E-state index is 0.0485. The molecule has 3 heterocycles. The van der Waals surface area contributed by atoms with Crippen molar-refractivity contribution < 1.29 is 0 Å². The summed E-state index contributed by atoms with van der Waals surface area (Å²) in [6.45, 7) is 2.06. The third kappa shape index (κ3) is 2.22. The average Bonchev–Trinajstić information content (AvgIpc) is 3.04. The summed E-state index contributed by atoms with van der Waals surface area (Å²) in [5, 5.41) is 3.53. The van der Waals surface area contributed by atoms with Crippen molar-refractivity contribution in [3.63, 3.8) is 0 Å². The number of imidazole rings is 1. The number of hydrogen-bond acceptors (Lipinski definition) is 4. The third-order valence-corrected chi connectivity index (χ3v) is 4.28. The Hall–Kier alpha value is -1.17. The Morgan fingerprint density at radius 1 is 1.42 bits per heavy atom. The highest BCUT2D eigenvalue weighted by Crippen LogP contribution is 2.27. The lowest BCUT2D eigenvalue weighted by Crippen LogP contribution is -2.10. The van der Waals surface area contributed by atoms with Gasteiger partial charge in [0.2, 0.25) is 0 Å². The summed E-state index contributed by atoms with van der Waals surface area (Å²) in [5.74, 6) is 1.10. The number of nitrogens with zero attached hydrogens (tertiary/aromatic N) is 4. The first-order valence-corrected chi connectivity index (χ1v) is 7.47. The van der Waals surface area contributed by atoms with E-state index >= 15 is 0 Å². The van der Waals surface area contributed by atoms with Gasteiger partial charge in [-0.15, -0.1) is 22.9 Å². The Bertz CT molecular complexity index is 708. The Balaban J connectivity index is 2.21. The quantitative estimate of drug-likeness (QED) is 0.689. The average molecular weight is 313 g/mol. The molecule has 0 aromatic carbocycles. The van der Waals surface area contributed by atoms with Gasteiger partial charge in [0.1, 0.15) is 16.3 Å². The van der Waals surface area contributed by atoms with Crippen LogP contribution < -0.4 is 0 Å². The normalized spacial score (nSPS) is 13.0. The number of pyridine rings is 1. The SMILES string of the molecule is CC(c1nccs1)n1c(CCl)nc2cc(Cl)cnc21. The van der Waals surface area contributed by atoms with E-state index in [1.54, 1.807) is 29.8 Å². The molecule has 3 rings (SSSR count). The van der Waals surface area contributed by atoms with Gasteiger partial charge in [0, 0.05) is 17.8 Å². The molecule has 0 spiro atoms. The van der Waals surface area contributed by atoms with Crippen LogP contribution in [0, 0.1) is 0 Å². The van der Waals surface area contributed by atoms with Gasteiger partial charge in [0.15, 0.2) is 5.65 Å². The van der Waals surface area contributed by atoms with Crippen LogP contribution in [0.25, 0.3) is 11.2 Å². The number of halogens is 2. The smallest absolute Gasteiger partial charge is 0.160 e. The summed E-state index contributed by atoms with van der Waals surface area (Å²) in [6.07, 6.45) is 3.41. The Morgan fingerprint density at radius 3 is 2.95 bits per heavy atom. The fraction of sp³-hybridized carbons (Fsp3) is 0.250. The summed E-state index contributed by atoms with van der Waals surface area (Å²) in [6, 6.07) is 1.85. The van der Waals surface area contributed by atoms with Crippen molar-refractivity contribution in [2.75, 3.05) is 0 Å². The molecule has 1 atom stereocenters. The Morgan fingerprint density at radius 2 is 2.26 bits per heavy atom. The van der Waals surface area contributed by atoms with Gasteiger partial charge in [-0.3, -0.25) is 0 Å². The second-order valence-corrected chi connectivity index (χ2v) is 5.70. The fourth-order valence-electron chi connectivity index (χ4n) is 2.06. The molecule has 0 aliphatic heterocycles. The van der Waals surface area contributed by atoms with Crippen molar-refractivity contribution in [1.82, 2.24) is 19.5 Å². The maximum Gasteiger partial charge on any atom is 0.160 e. The molecular formula is C12H10Cl2N4S. The molecular weight excluding hydrogens is 303 g/mol. The van der Waals surface area contributed by atoms with Gasteiger partial charge in [-0.25, -0.2) is 15.0 Å². The van der Waals surface area contributed by atoms with E-state index in [2.05, 4.69) is 21.9 Å². The summed E-state index contributed by atoms with van der Waals surface area (Å²) in [5.41, 5.74) is 1.54. The van der Waals surface area contributed by atoms with E-state index in [4.69, 9.17) is 23.2 Å². The molecule has 3 aromatic heterocycles. The standard InChI is InChI=1S/C12H10Cl2N4S/c1-7(12-15-2-3-19-12)18-10(5-13)17-9-4-8(14)6-16-11(9)18/h2-4,6-7H,5H2,1H3. The molecule has 19 heavy (non-hydrogen) atoms. The maximum atomic E-state index is 5.99. The van der Waals surface area contributed by atoms with E-state index in [0.717, 1.165) is 22.0 Å². The van der Waals surface area contributed by atoms with Crippen LogP contribution in [0.4, 0.5) is 0 Å². The van der Waals surface area contributed by atoms with E-state index in [9.17, 15) is 0 Å². The molecule has 0 saturated heterocycles. The largest absolute Gasteiger partial charge is 0.302 e. The van der Waals surface area contributed by atoms with Crippen molar-refractivity contribution >= 4 is 45.7 Å². The molecule has 4 nitrogen and oxygen atoms in total. The van der Waals surface area contributed by atoms with Gasteiger partial charge in [-0.1, -0.05) is 11.6 Å². The fourth-order valence-corrected chi connectivity index (χ4v) is 3.08. The lowest BCUT2D eigenvalue weighted by Gasteiger charge is -2.13. The summed E-state index contributed by atoms with van der Waals surface area (Å²) in [4.78, 5) is 13.2. The predicted octanol–water partition coefficient (Wildman–Crippen LogP) is 3.89. The molecule has 7 heteroatoms. The Kier molecular flexibility index (Phi) is 3.43. The topological polar surface area (TPSA) is 43.6 Å². The van der Waals surface area contributed by atoms with Crippen molar-refractivity contribution in [3.05, 3.63) is 39.7 Å². The zero-order chi connectivity index (χ0) is 13.4. The van der Waals surface area contributed by atoms with Crippen LogP contribution >= 0.6 is 34.5 Å². The second-order valence-electron chi connectivity index (χ2n) is 4.07. The van der Waals surface area contributed by atoms with Crippen LogP contribution in [0.15, 0.2) is 23.8 Å².